The quantitative estimate of drug-likeness (QED) is 0.136. The van der Waals surface area contributed by atoms with Gasteiger partial charge in [-0.2, -0.15) is 0 Å². The fourth-order valence-corrected chi connectivity index (χ4v) is 4.42. The molecule has 49 heavy (non-hydrogen) atoms. The van der Waals surface area contributed by atoms with Crippen molar-refractivity contribution in [1.29, 1.82) is 0 Å². The molecule has 3 rings (SSSR count). The van der Waals surface area contributed by atoms with Crippen LogP contribution < -0.4 is 18.9 Å². The molecular formula is C33H34O16. The van der Waals surface area contributed by atoms with Crippen molar-refractivity contribution in [3.05, 3.63) is 54.1 Å². The highest BCUT2D eigenvalue weighted by Crippen LogP contribution is 2.32. The molecule has 1 fully saturated rings. The van der Waals surface area contributed by atoms with E-state index >= 15 is 0 Å². The molecular weight excluding hydrogens is 652 g/mol. The van der Waals surface area contributed by atoms with E-state index in [0.29, 0.717) is 5.56 Å². The summed E-state index contributed by atoms with van der Waals surface area (Å²) in [5.41, 5.74) is 0.322. The molecule has 0 unspecified atom stereocenters. The zero-order chi connectivity index (χ0) is 36.2. The van der Waals surface area contributed by atoms with E-state index in [0.717, 1.165) is 33.8 Å². The van der Waals surface area contributed by atoms with E-state index in [-0.39, 0.29) is 23.0 Å². The Bertz CT molecular complexity index is 1590. The van der Waals surface area contributed by atoms with Crippen LogP contribution in [0.5, 0.6) is 23.0 Å². The summed E-state index contributed by atoms with van der Waals surface area (Å²) in [5.74, 6) is -5.03. The maximum atomic E-state index is 13.1. The zero-order valence-electron chi connectivity index (χ0n) is 27.3. The van der Waals surface area contributed by atoms with Gasteiger partial charge in [0.05, 0.1) is 0 Å². The third-order valence-electron chi connectivity index (χ3n) is 6.12. The van der Waals surface area contributed by atoms with Crippen LogP contribution in [0.3, 0.4) is 0 Å². The number of esters is 7. The Kier molecular flexibility index (Phi) is 13.4. The van der Waals surface area contributed by atoms with E-state index in [1.165, 1.54) is 62.4 Å². The standard InChI is InChI=1S/C33H34O16/c1-17(34)41-16-28-30(49-29(40)14-8-23-7-13-26(43-19(3)36)27(15-23)44-20(4)37)31(45-21(5)38)32(46-22(6)39)33(48-28)47-25-11-9-24(10-12-25)42-18(2)35/h7-15,28,30-33H,16H2,1-6H3/b14-8+/t28-,30-,31+,32-,33-/m1/s1. The summed E-state index contributed by atoms with van der Waals surface area (Å²) in [6.45, 7) is 6.33. The predicted octanol–water partition coefficient (Wildman–Crippen LogP) is 2.62. The van der Waals surface area contributed by atoms with Crippen LogP contribution in [0.4, 0.5) is 0 Å². The van der Waals surface area contributed by atoms with Gasteiger partial charge in [-0.25, -0.2) is 4.79 Å². The van der Waals surface area contributed by atoms with Crippen LogP contribution in [-0.4, -0.2) is 79.1 Å². The predicted molar refractivity (Wildman–Crippen MR) is 163 cm³/mol. The fourth-order valence-electron chi connectivity index (χ4n) is 4.42. The smallest absolute Gasteiger partial charge is 0.331 e. The van der Waals surface area contributed by atoms with Gasteiger partial charge in [0, 0.05) is 47.6 Å². The lowest BCUT2D eigenvalue weighted by molar-refractivity contribution is -0.288. The molecule has 1 aliphatic heterocycles. The summed E-state index contributed by atoms with van der Waals surface area (Å²) in [7, 11) is 0. The lowest BCUT2D eigenvalue weighted by Gasteiger charge is -2.43. The minimum absolute atomic E-state index is 0.0343. The summed E-state index contributed by atoms with van der Waals surface area (Å²) in [5, 5.41) is 0. The van der Waals surface area contributed by atoms with Gasteiger partial charge in [0.1, 0.15) is 24.2 Å². The average molecular weight is 687 g/mol. The molecule has 0 aromatic heterocycles. The first kappa shape index (κ1) is 37.7. The highest BCUT2D eigenvalue weighted by Gasteiger charge is 2.53. The van der Waals surface area contributed by atoms with Gasteiger partial charge in [0.15, 0.2) is 23.7 Å². The maximum Gasteiger partial charge on any atom is 0.331 e. The van der Waals surface area contributed by atoms with Crippen LogP contribution in [-0.2, 0) is 57.2 Å². The summed E-state index contributed by atoms with van der Waals surface area (Å²) in [6, 6.07) is 9.84. The molecule has 16 nitrogen and oxygen atoms in total. The fraction of sp³-hybridized carbons (Fsp3) is 0.364. The summed E-state index contributed by atoms with van der Waals surface area (Å²) in [6.07, 6.45) is -5.09. The summed E-state index contributed by atoms with van der Waals surface area (Å²) >= 11 is 0. The van der Waals surface area contributed by atoms with Crippen LogP contribution in [0.15, 0.2) is 48.5 Å². The lowest BCUT2D eigenvalue weighted by atomic mass is 9.98. The Labute approximate surface area is 280 Å². The molecule has 0 aliphatic carbocycles. The van der Waals surface area contributed by atoms with Crippen LogP contribution in [0.2, 0.25) is 0 Å². The molecule has 0 N–H and O–H groups in total. The molecule has 0 amide bonds. The van der Waals surface area contributed by atoms with E-state index in [1.54, 1.807) is 0 Å². The first-order valence-corrected chi connectivity index (χ1v) is 14.6. The van der Waals surface area contributed by atoms with Crippen molar-refractivity contribution in [3.8, 4) is 23.0 Å². The molecule has 1 heterocycles. The second-order valence-corrected chi connectivity index (χ2v) is 10.3. The Balaban J connectivity index is 1.94. The van der Waals surface area contributed by atoms with Crippen molar-refractivity contribution in [2.75, 3.05) is 6.61 Å². The number of benzene rings is 2. The van der Waals surface area contributed by atoms with Gasteiger partial charge in [-0.3, -0.25) is 28.8 Å². The molecule has 16 heteroatoms. The van der Waals surface area contributed by atoms with Gasteiger partial charge in [0.25, 0.3) is 0 Å². The first-order chi connectivity index (χ1) is 23.1. The van der Waals surface area contributed by atoms with Gasteiger partial charge in [-0.05, 0) is 48.0 Å². The number of ether oxygens (including phenoxy) is 9. The topological polar surface area (TPSA) is 203 Å². The SMILES string of the molecule is CC(=O)OC[C@H]1O[C@@H](Oc2ccc(OC(C)=O)cc2)[C@H](OC(C)=O)[C@@H](OC(C)=O)[C@@H]1OC(=O)/C=C/c1ccc(OC(C)=O)c(OC(C)=O)c1. The molecule has 0 spiro atoms. The van der Waals surface area contributed by atoms with Crippen molar-refractivity contribution >= 4 is 47.9 Å². The lowest BCUT2D eigenvalue weighted by Crippen LogP contribution is -2.63. The van der Waals surface area contributed by atoms with E-state index in [1.807, 2.05) is 0 Å². The molecule has 1 saturated heterocycles. The van der Waals surface area contributed by atoms with E-state index < -0.39 is 79.1 Å². The highest BCUT2D eigenvalue weighted by molar-refractivity contribution is 5.87. The van der Waals surface area contributed by atoms with E-state index in [9.17, 15) is 33.6 Å². The van der Waals surface area contributed by atoms with Crippen LogP contribution in [0.1, 0.15) is 47.1 Å². The van der Waals surface area contributed by atoms with Crippen LogP contribution in [0, 0.1) is 0 Å². The number of hydrogen-bond donors (Lipinski definition) is 0. The number of rotatable bonds is 12. The third kappa shape index (κ3) is 12.1. The summed E-state index contributed by atoms with van der Waals surface area (Å²) < 4.78 is 48.7. The van der Waals surface area contributed by atoms with Gasteiger partial charge < -0.3 is 42.6 Å². The Morgan fingerprint density at radius 1 is 0.612 bits per heavy atom. The molecule has 0 radical (unpaired) electrons. The summed E-state index contributed by atoms with van der Waals surface area (Å²) in [4.78, 5) is 83.6. The van der Waals surface area contributed by atoms with Crippen molar-refractivity contribution in [1.82, 2.24) is 0 Å². The molecule has 0 bridgehead atoms. The first-order valence-electron chi connectivity index (χ1n) is 14.6. The van der Waals surface area contributed by atoms with Crippen molar-refractivity contribution in [3.63, 3.8) is 0 Å². The molecule has 1 aliphatic rings. The Morgan fingerprint density at radius 2 is 1.18 bits per heavy atom. The molecule has 5 atom stereocenters. The van der Waals surface area contributed by atoms with Crippen LogP contribution >= 0.6 is 0 Å². The van der Waals surface area contributed by atoms with Gasteiger partial charge in [-0.1, -0.05) is 6.07 Å². The van der Waals surface area contributed by atoms with E-state index in [4.69, 9.17) is 42.6 Å². The number of carbonyl (C=O) groups is 7. The van der Waals surface area contributed by atoms with E-state index in [2.05, 4.69) is 0 Å². The largest absolute Gasteiger partial charge is 0.463 e. The Hall–Kier alpha value is -5.77. The number of hydrogen-bond acceptors (Lipinski definition) is 16. The monoisotopic (exact) mass is 686 g/mol. The van der Waals surface area contributed by atoms with Gasteiger partial charge in [0.2, 0.25) is 12.4 Å². The molecule has 262 valence electrons. The highest BCUT2D eigenvalue weighted by atomic mass is 16.7. The minimum atomic E-state index is -1.53. The van der Waals surface area contributed by atoms with Crippen molar-refractivity contribution < 1.29 is 76.2 Å². The number of carbonyl (C=O) groups excluding carboxylic acids is 7. The van der Waals surface area contributed by atoms with Gasteiger partial charge >= 0.3 is 41.8 Å². The minimum Gasteiger partial charge on any atom is -0.463 e. The molecule has 2 aromatic rings. The van der Waals surface area contributed by atoms with Crippen molar-refractivity contribution in [2.24, 2.45) is 0 Å². The van der Waals surface area contributed by atoms with Gasteiger partial charge in [-0.15, -0.1) is 0 Å². The second-order valence-electron chi connectivity index (χ2n) is 10.3. The maximum absolute atomic E-state index is 13.1. The zero-order valence-corrected chi connectivity index (χ0v) is 27.3. The molecule has 2 aromatic carbocycles. The van der Waals surface area contributed by atoms with Crippen molar-refractivity contribution in [2.45, 2.75) is 72.2 Å². The Morgan fingerprint density at radius 3 is 1.76 bits per heavy atom. The molecule has 0 saturated carbocycles. The second kappa shape index (κ2) is 17.4. The average Bonchev–Trinajstić information content (AvgIpc) is 2.99. The van der Waals surface area contributed by atoms with Crippen LogP contribution in [0.25, 0.3) is 6.08 Å². The normalized spacial score (nSPS) is 19.9. The third-order valence-corrected chi connectivity index (χ3v) is 6.12.